The summed E-state index contributed by atoms with van der Waals surface area (Å²) in [5.74, 6) is 0. The molecule has 0 unspecified atom stereocenters. The van der Waals surface area contributed by atoms with Gasteiger partial charge in [-0.15, -0.1) is 0 Å². The third kappa shape index (κ3) is 34.9. The third-order valence-corrected chi connectivity index (χ3v) is 1.05. The van der Waals surface area contributed by atoms with Crippen LogP contribution in [0, 0.1) is 0 Å². The van der Waals surface area contributed by atoms with Gasteiger partial charge in [-0.3, -0.25) is 0 Å². The van der Waals surface area contributed by atoms with E-state index in [1.165, 1.54) is 0 Å². The molecule has 1 rings (SSSR count). The Kier molecular flexibility index (Phi) is 91.1. The maximum atomic E-state index is 8.00. The number of rotatable bonds is 0. The summed E-state index contributed by atoms with van der Waals surface area (Å²) in [5.41, 5.74) is 0. The van der Waals surface area contributed by atoms with Crippen molar-refractivity contribution in [2.24, 2.45) is 0 Å². The van der Waals surface area contributed by atoms with E-state index in [0.717, 1.165) is 0 Å². The van der Waals surface area contributed by atoms with Crippen molar-refractivity contribution in [1.29, 1.82) is 0 Å². The quantitative estimate of drug-likeness (QED) is 0.667. The second kappa shape index (κ2) is 48.6. The van der Waals surface area contributed by atoms with Crippen LogP contribution >= 0.6 is 11.3 Å². The predicted molar refractivity (Wildman–Crippen MR) is 45.7 cm³/mol. The summed E-state index contributed by atoms with van der Waals surface area (Å²) in [5, 5.41) is 4.08. The van der Waals surface area contributed by atoms with Crippen LogP contribution in [0.25, 0.3) is 0 Å². The fourth-order valence-corrected chi connectivity index (χ4v) is 0.680. The maximum absolute atomic E-state index is 8.00. The van der Waals surface area contributed by atoms with E-state index in [4.69, 9.17) is 14.4 Å². The van der Waals surface area contributed by atoms with E-state index in [1.807, 2.05) is 43.3 Å². The van der Waals surface area contributed by atoms with Gasteiger partial charge in [-0.25, -0.2) is 0 Å². The molecule has 0 aliphatic rings. The SMILES string of the molecule is C=O.C=O.C=O.[Cr].c1ccsc1. The maximum Gasteiger partial charge on any atom is 0.106 e. The van der Waals surface area contributed by atoms with Crippen LogP contribution in [-0.2, 0) is 31.7 Å². The molecule has 0 radical (unpaired) electrons. The van der Waals surface area contributed by atoms with E-state index < -0.39 is 0 Å². The summed E-state index contributed by atoms with van der Waals surface area (Å²) >= 11 is 1.71. The molecule has 68 valence electrons. The molecule has 0 aromatic carbocycles. The van der Waals surface area contributed by atoms with Crippen LogP contribution in [0.1, 0.15) is 0 Å². The molecule has 0 saturated heterocycles. The first-order valence-corrected chi connectivity index (χ1v) is 3.28. The standard InChI is InChI=1S/C4H4S.3CH2O.Cr/c1-2-4-5-3-1;3*1-2;/h1-4H;3*1H2;. The average Bonchev–Trinajstić information content (AvgIpc) is 2.71. The monoisotopic (exact) mass is 226 g/mol. The Morgan fingerprint density at radius 1 is 0.750 bits per heavy atom. The van der Waals surface area contributed by atoms with Gasteiger partial charge in [0.05, 0.1) is 0 Å². The van der Waals surface area contributed by atoms with Crippen LogP contribution in [0.4, 0.5) is 0 Å². The third-order valence-electron chi connectivity index (χ3n) is 0.425. The van der Waals surface area contributed by atoms with Gasteiger partial charge in [0.2, 0.25) is 0 Å². The molecule has 1 aromatic heterocycles. The van der Waals surface area contributed by atoms with Crippen LogP contribution < -0.4 is 0 Å². The summed E-state index contributed by atoms with van der Waals surface area (Å²) in [6.07, 6.45) is 0. The number of carbonyl (C=O) groups excluding carboxylic acids is 3. The summed E-state index contributed by atoms with van der Waals surface area (Å²) in [6, 6.07) is 4.04. The van der Waals surface area contributed by atoms with Crippen molar-refractivity contribution in [2.75, 3.05) is 0 Å². The van der Waals surface area contributed by atoms with Gasteiger partial charge < -0.3 is 14.4 Å². The first kappa shape index (κ1) is 22.5. The number of hydrogen-bond donors (Lipinski definition) is 0. The van der Waals surface area contributed by atoms with Crippen molar-refractivity contribution in [3.63, 3.8) is 0 Å². The fourth-order valence-electron chi connectivity index (χ4n) is 0.227. The van der Waals surface area contributed by atoms with Gasteiger partial charge in [-0.2, -0.15) is 11.3 Å². The van der Waals surface area contributed by atoms with Crippen molar-refractivity contribution in [2.45, 2.75) is 0 Å². The van der Waals surface area contributed by atoms with Gasteiger partial charge in [-0.1, -0.05) is 12.1 Å². The predicted octanol–water partition coefficient (Wildman–Crippen LogP) is 1.19. The molecule has 0 spiro atoms. The number of carbonyl (C=O) groups is 3. The van der Waals surface area contributed by atoms with E-state index >= 15 is 0 Å². The van der Waals surface area contributed by atoms with E-state index in [9.17, 15) is 0 Å². The molecule has 12 heavy (non-hydrogen) atoms. The normalized spacial score (nSPS) is 4.33. The van der Waals surface area contributed by atoms with Gasteiger partial charge in [0.25, 0.3) is 0 Å². The average molecular weight is 226 g/mol. The fraction of sp³-hybridized carbons (Fsp3) is 0. The van der Waals surface area contributed by atoms with Crippen molar-refractivity contribution >= 4 is 31.7 Å². The minimum absolute atomic E-state index is 0. The van der Waals surface area contributed by atoms with Crippen LogP contribution in [0.3, 0.4) is 0 Å². The van der Waals surface area contributed by atoms with E-state index in [0.29, 0.717) is 0 Å². The molecule has 0 N–H and O–H groups in total. The zero-order valence-corrected chi connectivity index (χ0v) is 8.56. The molecule has 1 heterocycles. The zero-order chi connectivity index (χ0) is 9.54. The Balaban J connectivity index is -0.0000000406. The Bertz CT molecular complexity index is 102. The van der Waals surface area contributed by atoms with Crippen LogP contribution in [0.15, 0.2) is 22.9 Å². The minimum Gasteiger partial charge on any atom is -0.307 e. The molecule has 0 bridgehead atoms. The second-order valence-corrected chi connectivity index (χ2v) is 1.61. The molecular formula is C7H10CrO3S. The smallest absolute Gasteiger partial charge is 0.106 e. The molecule has 1 aromatic rings. The number of hydrogen-bond acceptors (Lipinski definition) is 4. The summed E-state index contributed by atoms with van der Waals surface area (Å²) < 4.78 is 0. The van der Waals surface area contributed by atoms with Crippen LogP contribution in [0.5, 0.6) is 0 Å². The second-order valence-electron chi connectivity index (χ2n) is 0.793. The molecule has 0 aliphatic carbocycles. The van der Waals surface area contributed by atoms with E-state index in [2.05, 4.69) is 0 Å². The first-order chi connectivity index (χ1) is 5.50. The molecule has 3 nitrogen and oxygen atoms in total. The van der Waals surface area contributed by atoms with Gasteiger partial charge in [0, 0.05) is 17.4 Å². The Morgan fingerprint density at radius 2 is 1.00 bits per heavy atom. The molecule has 0 atom stereocenters. The van der Waals surface area contributed by atoms with Crippen molar-refractivity contribution in [3.8, 4) is 0 Å². The molecule has 5 heteroatoms. The van der Waals surface area contributed by atoms with Crippen molar-refractivity contribution < 1.29 is 31.7 Å². The topological polar surface area (TPSA) is 51.2 Å². The first-order valence-electron chi connectivity index (χ1n) is 2.34. The zero-order valence-electron chi connectivity index (χ0n) is 6.47. The van der Waals surface area contributed by atoms with Gasteiger partial charge in [0.15, 0.2) is 0 Å². The van der Waals surface area contributed by atoms with Crippen LogP contribution in [0.2, 0.25) is 0 Å². The molecule has 0 fully saturated rings. The summed E-state index contributed by atoms with van der Waals surface area (Å²) in [7, 11) is 0. The summed E-state index contributed by atoms with van der Waals surface area (Å²) in [6.45, 7) is 6.00. The molecule has 0 amide bonds. The molecule has 0 saturated carbocycles. The van der Waals surface area contributed by atoms with Crippen LogP contribution in [-0.4, -0.2) is 20.4 Å². The molecule has 0 aliphatic heterocycles. The Morgan fingerprint density at radius 3 is 1.08 bits per heavy atom. The van der Waals surface area contributed by atoms with Gasteiger partial charge in [-0.05, 0) is 10.8 Å². The largest absolute Gasteiger partial charge is 0.307 e. The Labute approximate surface area is 86.5 Å². The minimum atomic E-state index is 0. The van der Waals surface area contributed by atoms with Gasteiger partial charge in [0.1, 0.15) is 20.4 Å². The van der Waals surface area contributed by atoms with E-state index in [-0.39, 0.29) is 17.4 Å². The van der Waals surface area contributed by atoms with Crippen molar-refractivity contribution in [1.82, 2.24) is 0 Å². The van der Waals surface area contributed by atoms with Gasteiger partial charge >= 0.3 is 0 Å². The number of thiophene rings is 1. The summed E-state index contributed by atoms with van der Waals surface area (Å²) in [4.78, 5) is 24.0. The van der Waals surface area contributed by atoms with E-state index in [1.54, 1.807) is 11.3 Å². The molecular weight excluding hydrogens is 216 g/mol. The van der Waals surface area contributed by atoms with Crippen molar-refractivity contribution in [3.05, 3.63) is 22.9 Å². The Hall–Kier alpha value is -0.758.